The molecule has 20 heavy (non-hydrogen) atoms. The van der Waals surface area contributed by atoms with Gasteiger partial charge >= 0.3 is 6.03 Å². The van der Waals surface area contributed by atoms with Gasteiger partial charge in [0.1, 0.15) is 11.3 Å². The van der Waals surface area contributed by atoms with E-state index in [0.717, 1.165) is 4.68 Å². The summed E-state index contributed by atoms with van der Waals surface area (Å²) in [5.41, 5.74) is 1.66. The molecule has 1 heterocycles. The van der Waals surface area contributed by atoms with E-state index in [4.69, 9.17) is 0 Å². The Morgan fingerprint density at radius 2 is 1.90 bits per heavy atom. The third-order valence-electron chi connectivity index (χ3n) is 2.93. The topological polar surface area (TPSA) is 59.8 Å². The third kappa shape index (κ3) is 2.23. The van der Waals surface area contributed by atoms with Crippen LogP contribution in [0.25, 0.3) is 11.0 Å². The molecule has 5 nitrogen and oxygen atoms in total. The highest BCUT2D eigenvalue weighted by atomic mass is 19.1. The standard InChI is InChI=1S/C14H11FN4O/c15-11-6-2-1-5-10(11)9-16-14(20)19-13-8-4-3-7-12(13)17-18-19/h1-8H,9H2,(H,16,20). The Labute approximate surface area is 114 Å². The van der Waals surface area contributed by atoms with Gasteiger partial charge in [-0.2, -0.15) is 4.68 Å². The van der Waals surface area contributed by atoms with Gasteiger partial charge in [0.05, 0.1) is 5.52 Å². The third-order valence-corrected chi connectivity index (χ3v) is 2.93. The first-order chi connectivity index (χ1) is 9.75. The number of carbonyl (C=O) groups is 1. The summed E-state index contributed by atoms with van der Waals surface area (Å²) in [5.74, 6) is -0.351. The Hall–Kier alpha value is -2.76. The molecular weight excluding hydrogens is 259 g/mol. The number of fused-ring (bicyclic) bond motifs is 1. The molecule has 0 saturated heterocycles. The van der Waals surface area contributed by atoms with Crippen LogP contribution >= 0.6 is 0 Å². The van der Waals surface area contributed by atoms with Gasteiger partial charge < -0.3 is 5.32 Å². The van der Waals surface area contributed by atoms with Gasteiger partial charge in [0.2, 0.25) is 0 Å². The Balaban J connectivity index is 1.79. The molecule has 1 aromatic heterocycles. The number of aromatic nitrogens is 3. The molecular formula is C14H11FN4O. The normalized spacial score (nSPS) is 10.7. The van der Waals surface area contributed by atoms with Crippen LogP contribution in [0.4, 0.5) is 9.18 Å². The molecule has 100 valence electrons. The smallest absolute Gasteiger partial charge is 0.332 e. The summed E-state index contributed by atoms with van der Waals surface area (Å²) in [7, 11) is 0. The lowest BCUT2D eigenvalue weighted by Crippen LogP contribution is -2.29. The SMILES string of the molecule is O=C(NCc1ccccc1F)n1nnc2ccccc21. The highest BCUT2D eigenvalue weighted by molar-refractivity contribution is 5.87. The predicted octanol–water partition coefficient (Wildman–Crippen LogP) is 2.33. The average Bonchev–Trinajstić information content (AvgIpc) is 2.90. The number of amides is 1. The molecule has 0 bridgehead atoms. The maximum Gasteiger partial charge on any atom is 0.344 e. The van der Waals surface area contributed by atoms with Crippen molar-refractivity contribution in [3.63, 3.8) is 0 Å². The summed E-state index contributed by atoms with van der Waals surface area (Å²) in [5, 5.41) is 10.3. The Kier molecular flexibility index (Phi) is 3.12. The predicted molar refractivity (Wildman–Crippen MR) is 71.6 cm³/mol. The lowest BCUT2D eigenvalue weighted by Gasteiger charge is -2.06. The van der Waals surface area contributed by atoms with Crippen LogP contribution in [0.3, 0.4) is 0 Å². The van der Waals surface area contributed by atoms with E-state index in [0.29, 0.717) is 16.6 Å². The van der Waals surface area contributed by atoms with Crippen LogP contribution in [-0.4, -0.2) is 21.0 Å². The molecule has 6 heteroatoms. The lowest BCUT2D eigenvalue weighted by atomic mass is 10.2. The molecule has 1 amide bonds. The van der Waals surface area contributed by atoms with Crippen molar-refractivity contribution in [3.05, 3.63) is 59.9 Å². The van der Waals surface area contributed by atoms with Gasteiger partial charge in [0.25, 0.3) is 0 Å². The van der Waals surface area contributed by atoms with Crippen molar-refractivity contribution in [2.75, 3.05) is 0 Å². The zero-order valence-corrected chi connectivity index (χ0v) is 10.5. The van der Waals surface area contributed by atoms with Crippen LogP contribution in [0.5, 0.6) is 0 Å². The second-order valence-corrected chi connectivity index (χ2v) is 4.24. The molecule has 0 aliphatic carbocycles. The van der Waals surface area contributed by atoms with E-state index in [9.17, 15) is 9.18 Å². The number of halogens is 1. The van der Waals surface area contributed by atoms with Crippen molar-refractivity contribution in [3.8, 4) is 0 Å². The number of carbonyl (C=O) groups excluding carboxylic acids is 1. The summed E-state index contributed by atoms with van der Waals surface area (Å²) in [4.78, 5) is 12.0. The van der Waals surface area contributed by atoms with E-state index in [2.05, 4.69) is 15.6 Å². The molecule has 0 aliphatic rings. The van der Waals surface area contributed by atoms with E-state index < -0.39 is 6.03 Å². The van der Waals surface area contributed by atoms with Gasteiger partial charge in [-0.25, -0.2) is 9.18 Å². The van der Waals surface area contributed by atoms with Gasteiger partial charge in [-0.3, -0.25) is 0 Å². The summed E-state index contributed by atoms with van der Waals surface area (Å²) >= 11 is 0. The Morgan fingerprint density at radius 1 is 1.15 bits per heavy atom. The molecule has 0 aliphatic heterocycles. The summed E-state index contributed by atoms with van der Waals surface area (Å²) in [6, 6.07) is 13.0. The van der Waals surface area contributed by atoms with Gasteiger partial charge in [-0.1, -0.05) is 35.5 Å². The molecule has 1 N–H and O–H groups in total. The molecule has 0 unspecified atom stereocenters. The molecule has 0 saturated carbocycles. The maximum absolute atomic E-state index is 13.4. The van der Waals surface area contributed by atoms with Crippen LogP contribution in [0, 0.1) is 5.82 Å². The fourth-order valence-corrected chi connectivity index (χ4v) is 1.91. The molecule has 2 aromatic carbocycles. The lowest BCUT2D eigenvalue weighted by molar-refractivity contribution is 0.239. The number of rotatable bonds is 2. The van der Waals surface area contributed by atoms with E-state index in [-0.39, 0.29) is 12.4 Å². The van der Waals surface area contributed by atoms with E-state index in [1.54, 1.807) is 36.4 Å². The summed E-state index contributed by atoms with van der Waals surface area (Å²) < 4.78 is 14.6. The zero-order chi connectivity index (χ0) is 13.9. The van der Waals surface area contributed by atoms with Gasteiger partial charge in [-0.05, 0) is 18.2 Å². The summed E-state index contributed by atoms with van der Waals surface area (Å²) in [6.45, 7) is 0.0969. The van der Waals surface area contributed by atoms with Gasteiger partial charge in [-0.15, -0.1) is 5.10 Å². The summed E-state index contributed by atoms with van der Waals surface area (Å²) in [6.07, 6.45) is 0. The van der Waals surface area contributed by atoms with Gasteiger partial charge in [0.15, 0.2) is 0 Å². The van der Waals surface area contributed by atoms with Crippen molar-refractivity contribution in [2.24, 2.45) is 0 Å². The van der Waals surface area contributed by atoms with Crippen molar-refractivity contribution < 1.29 is 9.18 Å². The van der Waals surface area contributed by atoms with E-state index in [1.807, 2.05) is 6.07 Å². The molecule has 0 radical (unpaired) electrons. The fraction of sp³-hybridized carbons (Fsp3) is 0.0714. The highest BCUT2D eigenvalue weighted by Gasteiger charge is 2.11. The minimum absolute atomic E-state index is 0.0969. The zero-order valence-electron chi connectivity index (χ0n) is 10.5. The molecule has 0 atom stereocenters. The first-order valence-corrected chi connectivity index (χ1v) is 6.08. The monoisotopic (exact) mass is 270 g/mol. The number of para-hydroxylation sites is 1. The van der Waals surface area contributed by atoms with Crippen molar-refractivity contribution >= 4 is 17.1 Å². The molecule has 3 aromatic rings. The largest absolute Gasteiger partial charge is 0.344 e. The molecule has 3 rings (SSSR count). The van der Waals surface area contributed by atoms with Crippen LogP contribution < -0.4 is 5.32 Å². The van der Waals surface area contributed by atoms with Crippen LogP contribution in [0.2, 0.25) is 0 Å². The maximum atomic E-state index is 13.4. The van der Waals surface area contributed by atoms with Crippen molar-refractivity contribution in [1.82, 2.24) is 20.3 Å². The van der Waals surface area contributed by atoms with Crippen LogP contribution in [0.15, 0.2) is 48.5 Å². The first-order valence-electron chi connectivity index (χ1n) is 6.08. The van der Waals surface area contributed by atoms with E-state index >= 15 is 0 Å². The van der Waals surface area contributed by atoms with Crippen LogP contribution in [-0.2, 0) is 6.54 Å². The fourth-order valence-electron chi connectivity index (χ4n) is 1.91. The first kappa shape index (κ1) is 12.3. The molecule has 0 spiro atoms. The number of benzene rings is 2. The Morgan fingerprint density at radius 3 is 2.75 bits per heavy atom. The van der Waals surface area contributed by atoms with Crippen molar-refractivity contribution in [2.45, 2.75) is 6.54 Å². The second kappa shape index (κ2) is 5.08. The minimum atomic E-state index is -0.443. The number of nitrogens with one attached hydrogen (secondary N) is 1. The van der Waals surface area contributed by atoms with E-state index in [1.165, 1.54) is 6.07 Å². The van der Waals surface area contributed by atoms with Crippen molar-refractivity contribution in [1.29, 1.82) is 0 Å². The minimum Gasteiger partial charge on any atom is -0.332 e. The quantitative estimate of drug-likeness (QED) is 0.777. The number of nitrogens with zero attached hydrogens (tertiary/aromatic N) is 3. The highest BCUT2D eigenvalue weighted by Crippen LogP contribution is 2.10. The second-order valence-electron chi connectivity index (χ2n) is 4.24. The van der Waals surface area contributed by atoms with Crippen LogP contribution in [0.1, 0.15) is 5.56 Å². The number of hydrogen-bond donors (Lipinski definition) is 1. The van der Waals surface area contributed by atoms with Gasteiger partial charge in [0, 0.05) is 12.1 Å². The Bertz CT molecular complexity index is 768. The molecule has 0 fully saturated rings. The average molecular weight is 270 g/mol. The number of hydrogen-bond acceptors (Lipinski definition) is 3.